The lowest BCUT2D eigenvalue weighted by molar-refractivity contribution is -0.692. The van der Waals surface area contributed by atoms with Gasteiger partial charge in [-0.15, -0.1) is 0 Å². The van der Waals surface area contributed by atoms with Gasteiger partial charge < -0.3 is 9.32 Å². The van der Waals surface area contributed by atoms with E-state index in [2.05, 4.69) is 75.4 Å². The third kappa shape index (κ3) is 2.31. The van der Waals surface area contributed by atoms with Gasteiger partial charge >= 0.3 is 0 Å². The first-order valence-electron chi connectivity index (χ1n) is 12.2. The number of thiazole rings is 1. The molecule has 5 aliphatic heterocycles. The van der Waals surface area contributed by atoms with Crippen LogP contribution in [0.3, 0.4) is 0 Å². The molecule has 2 aromatic heterocycles. The molecule has 7 heterocycles. The predicted molar refractivity (Wildman–Crippen MR) is 131 cm³/mol. The van der Waals surface area contributed by atoms with Crippen LogP contribution in [0.5, 0.6) is 0 Å². The van der Waals surface area contributed by atoms with Crippen LogP contribution in [0.25, 0.3) is 17.0 Å². The van der Waals surface area contributed by atoms with Gasteiger partial charge in [0.2, 0.25) is 17.8 Å². The standard InChI is InChI=1S/C28H27N3OS/c1-16-5-4-9-29-12-21(16)18-6-3-7-22-19(17(18)2)11-20-23(29)13-30-15-33-14-24(30)28-26(20)27-25(32-28)8-10-31(22)27/h3-7,9,14-16,19,21H,8,10-13H2,1-2H3/q+2. The molecule has 2 aromatic rings. The lowest BCUT2D eigenvalue weighted by Crippen LogP contribution is -2.37. The Hall–Kier alpha value is -2.92. The Morgan fingerprint density at radius 2 is 2.18 bits per heavy atom. The molecule has 0 amide bonds. The van der Waals surface area contributed by atoms with Crippen molar-refractivity contribution in [2.24, 2.45) is 17.8 Å². The van der Waals surface area contributed by atoms with E-state index in [1.54, 1.807) is 16.9 Å². The molecule has 0 radical (unpaired) electrons. The molecule has 0 fully saturated rings. The van der Waals surface area contributed by atoms with Crippen LogP contribution in [0.15, 0.2) is 68.2 Å². The van der Waals surface area contributed by atoms with Crippen molar-refractivity contribution in [2.75, 3.05) is 18.0 Å². The summed E-state index contributed by atoms with van der Waals surface area (Å²) in [4.78, 5) is 2.59. The minimum Gasteiger partial charge on any atom is -0.452 e. The summed E-state index contributed by atoms with van der Waals surface area (Å²) in [6, 6.07) is 0. The van der Waals surface area contributed by atoms with Crippen LogP contribution in [0.1, 0.15) is 31.6 Å². The first kappa shape index (κ1) is 18.5. The Balaban J connectivity index is 1.53. The van der Waals surface area contributed by atoms with Gasteiger partial charge in [-0.05, 0) is 37.0 Å². The Kier molecular flexibility index (Phi) is 3.56. The van der Waals surface area contributed by atoms with Crippen LogP contribution in [0, 0.1) is 17.8 Å². The van der Waals surface area contributed by atoms with E-state index < -0.39 is 0 Å². The highest BCUT2D eigenvalue weighted by Crippen LogP contribution is 2.55. The largest absolute Gasteiger partial charge is 0.452 e. The lowest BCUT2D eigenvalue weighted by Gasteiger charge is -2.29. The molecule has 8 rings (SSSR count). The number of anilines is 1. The number of hydrogen-bond acceptors (Lipinski definition) is 3. The van der Waals surface area contributed by atoms with Gasteiger partial charge in [0.1, 0.15) is 5.76 Å². The summed E-state index contributed by atoms with van der Waals surface area (Å²) in [6.45, 7) is 7.73. The zero-order valence-corrected chi connectivity index (χ0v) is 19.9. The second-order valence-corrected chi connectivity index (χ2v) is 11.0. The Bertz CT molecular complexity index is 1440. The van der Waals surface area contributed by atoms with Crippen molar-refractivity contribution in [3.63, 3.8) is 0 Å². The average molecular weight is 454 g/mol. The lowest BCUT2D eigenvalue weighted by atomic mass is 9.80. The van der Waals surface area contributed by atoms with Crippen LogP contribution in [0.4, 0.5) is 5.69 Å². The third-order valence-corrected chi connectivity index (χ3v) is 9.45. The van der Waals surface area contributed by atoms with E-state index in [9.17, 15) is 0 Å². The summed E-state index contributed by atoms with van der Waals surface area (Å²) in [5.74, 6) is 3.63. The van der Waals surface area contributed by atoms with Gasteiger partial charge in [0.15, 0.2) is 12.8 Å². The second-order valence-electron chi connectivity index (χ2n) is 10.3. The molecule has 33 heavy (non-hydrogen) atoms. The Labute approximate surface area is 197 Å². The highest BCUT2D eigenvalue weighted by Gasteiger charge is 2.48. The van der Waals surface area contributed by atoms with E-state index in [1.165, 1.54) is 39.5 Å². The Morgan fingerprint density at radius 3 is 3.12 bits per heavy atom. The van der Waals surface area contributed by atoms with Crippen molar-refractivity contribution in [3.8, 4) is 11.5 Å². The molecule has 0 saturated heterocycles. The fourth-order valence-corrected chi connectivity index (χ4v) is 7.78. The molecule has 0 saturated carbocycles. The summed E-state index contributed by atoms with van der Waals surface area (Å²) in [5, 5.41) is 2.27. The monoisotopic (exact) mass is 453 g/mol. The summed E-state index contributed by atoms with van der Waals surface area (Å²) in [7, 11) is 0. The fraction of sp³-hybridized carbons (Fsp3) is 0.357. The number of fused-ring (bicyclic) bond motifs is 7. The zero-order valence-electron chi connectivity index (χ0n) is 19.0. The van der Waals surface area contributed by atoms with E-state index in [1.807, 2.05) is 0 Å². The van der Waals surface area contributed by atoms with E-state index in [0.717, 1.165) is 44.0 Å². The van der Waals surface area contributed by atoms with Crippen molar-refractivity contribution in [1.82, 2.24) is 0 Å². The average Bonchev–Trinajstić information content (AvgIpc) is 3.40. The molecule has 5 heteroatoms. The maximum absolute atomic E-state index is 6.68. The normalized spacial score (nSPS) is 28.4. The number of nitrogens with zero attached hydrogens (tertiary/aromatic N) is 3. The molecule has 0 spiro atoms. The molecule has 6 aliphatic rings. The van der Waals surface area contributed by atoms with Gasteiger partial charge in [-0.1, -0.05) is 42.1 Å². The molecule has 1 aliphatic carbocycles. The zero-order chi connectivity index (χ0) is 21.8. The fourth-order valence-electron chi connectivity index (χ4n) is 7.01. The topological polar surface area (TPSA) is 23.3 Å². The van der Waals surface area contributed by atoms with E-state index >= 15 is 0 Å². The van der Waals surface area contributed by atoms with Crippen LogP contribution < -0.4 is 9.47 Å². The minimum atomic E-state index is 0.407. The number of hydrogen-bond donors (Lipinski definition) is 0. The predicted octanol–water partition coefficient (Wildman–Crippen LogP) is 5.09. The van der Waals surface area contributed by atoms with Crippen LogP contribution >= 0.6 is 11.3 Å². The number of furan rings is 1. The number of aromatic nitrogens is 1. The van der Waals surface area contributed by atoms with Crippen molar-refractivity contribution in [3.05, 3.63) is 75.1 Å². The first-order chi connectivity index (χ1) is 16.2. The quantitative estimate of drug-likeness (QED) is 0.519. The summed E-state index contributed by atoms with van der Waals surface area (Å²) >= 11 is 1.77. The van der Waals surface area contributed by atoms with Crippen LogP contribution in [-0.4, -0.2) is 23.9 Å². The van der Waals surface area contributed by atoms with E-state index in [0.29, 0.717) is 17.8 Å². The molecule has 4 nitrogen and oxygen atoms in total. The van der Waals surface area contributed by atoms with Crippen molar-refractivity contribution in [2.45, 2.75) is 33.2 Å². The highest BCUT2D eigenvalue weighted by molar-refractivity contribution is 7.07. The minimum absolute atomic E-state index is 0.407. The summed E-state index contributed by atoms with van der Waals surface area (Å²) in [6.07, 6.45) is 16.2. The maximum Gasteiger partial charge on any atom is 0.260 e. The first-order valence-corrected chi connectivity index (χ1v) is 13.1. The van der Waals surface area contributed by atoms with Gasteiger partial charge in [0.05, 0.1) is 16.6 Å². The van der Waals surface area contributed by atoms with Gasteiger partial charge in [0, 0.05) is 36.1 Å². The summed E-state index contributed by atoms with van der Waals surface area (Å²) in [5.41, 5.74) is 13.7. The maximum atomic E-state index is 6.68. The molecule has 3 atom stereocenters. The number of rotatable bonds is 0. The van der Waals surface area contributed by atoms with Crippen molar-refractivity contribution in [1.29, 1.82) is 0 Å². The third-order valence-electron chi connectivity index (χ3n) is 8.72. The van der Waals surface area contributed by atoms with Gasteiger partial charge in [-0.3, -0.25) is 0 Å². The van der Waals surface area contributed by atoms with E-state index in [-0.39, 0.29) is 0 Å². The van der Waals surface area contributed by atoms with Gasteiger partial charge in [-0.25, -0.2) is 0 Å². The smallest absolute Gasteiger partial charge is 0.260 e. The highest BCUT2D eigenvalue weighted by atomic mass is 32.1. The van der Waals surface area contributed by atoms with Crippen molar-refractivity contribution < 1.29 is 13.6 Å². The molecule has 164 valence electrons. The molecule has 3 unspecified atom stereocenters. The Morgan fingerprint density at radius 1 is 1.24 bits per heavy atom. The SMILES string of the molecule is CC1=C2C=CC=C3C1CC1=C(C[n+]4cscc4-c4oc5c(c41)N3CC5)[N+]1=CC=CC(C)C2C1. The second kappa shape index (κ2) is 6.35. The molecule has 0 aromatic carbocycles. The molecular weight excluding hydrogens is 426 g/mol. The van der Waals surface area contributed by atoms with Gasteiger partial charge in [-0.2, -0.15) is 9.14 Å². The molecule has 5 bridgehead atoms. The van der Waals surface area contributed by atoms with Crippen LogP contribution in [-0.2, 0) is 13.0 Å². The summed E-state index contributed by atoms with van der Waals surface area (Å²) < 4.78 is 11.7. The van der Waals surface area contributed by atoms with Crippen LogP contribution in [0.2, 0.25) is 0 Å². The number of allylic oxidation sites excluding steroid dienone is 8. The van der Waals surface area contributed by atoms with Gasteiger partial charge in [0.25, 0.3) is 11.4 Å². The van der Waals surface area contributed by atoms with Crippen molar-refractivity contribution >= 4 is 28.8 Å². The molecular formula is C28H27N3OS+2. The molecule has 0 N–H and O–H groups in total. The van der Waals surface area contributed by atoms with E-state index in [4.69, 9.17) is 4.42 Å².